The summed E-state index contributed by atoms with van der Waals surface area (Å²) in [5.41, 5.74) is 2.49. The van der Waals surface area contributed by atoms with Gasteiger partial charge in [-0.1, -0.05) is 53.7 Å². The predicted octanol–water partition coefficient (Wildman–Crippen LogP) is 2.11. The third-order valence-corrected chi connectivity index (χ3v) is 5.13. The highest BCUT2D eigenvalue weighted by Crippen LogP contribution is 2.24. The molecule has 0 atom stereocenters. The van der Waals surface area contributed by atoms with Gasteiger partial charge in [0.05, 0.1) is 27.2 Å². The van der Waals surface area contributed by atoms with Crippen LogP contribution in [0.1, 0.15) is 65.0 Å². The number of aryl methyl sites for hydroxylation is 1. The maximum atomic E-state index is 12.9. The van der Waals surface area contributed by atoms with E-state index in [-0.39, 0.29) is 22.9 Å². The van der Waals surface area contributed by atoms with Gasteiger partial charge in [-0.15, -0.1) is 0 Å². The van der Waals surface area contributed by atoms with E-state index in [0.717, 1.165) is 31.8 Å². The Morgan fingerprint density at radius 1 is 1.03 bits per heavy atom. The number of likely N-dealkylation sites (N-methyl/N-ethyl adjacent to an activating group) is 1. The van der Waals surface area contributed by atoms with Crippen molar-refractivity contribution in [2.24, 2.45) is 11.8 Å². The molecule has 0 aliphatic carbocycles. The largest absolute Gasteiger partial charge is 1.00 e. The monoisotopic (exact) mass is 484 g/mol. The minimum absolute atomic E-state index is 0. The molecule has 0 aromatic heterocycles. The summed E-state index contributed by atoms with van der Waals surface area (Å²) >= 11 is 0. The highest BCUT2D eigenvalue weighted by molar-refractivity contribution is 5.77. The number of carbonyl (C=O) groups excluding carboxylic acids is 1. The number of hydrogen-bond acceptors (Lipinski definition) is 2. The molecule has 1 amide bonds. The molecule has 0 aliphatic rings. The van der Waals surface area contributed by atoms with Crippen molar-refractivity contribution in [1.29, 1.82) is 0 Å². The molecule has 0 N–H and O–H groups in total. The van der Waals surface area contributed by atoms with Crippen LogP contribution in [0.15, 0.2) is 18.2 Å². The highest BCUT2D eigenvalue weighted by atomic mass is 79.9. The number of carbonyl (C=O) groups is 1. The van der Waals surface area contributed by atoms with Crippen LogP contribution < -0.4 is 21.7 Å². The van der Waals surface area contributed by atoms with Crippen molar-refractivity contribution in [1.82, 2.24) is 4.90 Å². The van der Waals surface area contributed by atoms with Crippen molar-refractivity contribution in [2.45, 2.75) is 60.8 Å². The molecule has 1 rings (SSSR count). The van der Waals surface area contributed by atoms with Crippen molar-refractivity contribution in [3.05, 3.63) is 29.3 Å². The second-order valence-corrected chi connectivity index (χ2v) is 10.3. The molecule has 0 heterocycles. The molecular formula is C25H45BrN2O2. The van der Waals surface area contributed by atoms with Gasteiger partial charge in [0.2, 0.25) is 0 Å². The van der Waals surface area contributed by atoms with Crippen LogP contribution in [0.4, 0.5) is 0 Å². The summed E-state index contributed by atoms with van der Waals surface area (Å²) in [5, 5.41) is 0. The maximum Gasteiger partial charge on any atom is 0.277 e. The molecule has 1 aromatic rings. The molecule has 30 heavy (non-hydrogen) atoms. The smallest absolute Gasteiger partial charge is 0.277 e. The summed E-state index contributed by atoms with van der Waals surface area (Å²) in [4.78, 5) is 15.0. The van der Waals surface area contributed by atoms with Crippen LogP contribution in [-0.2, 0) is 4.79 Å². The number of hydrogen-bond donors (Lipinski definition) is 0. The lowest BCUT2D eigenvalue weighted by Crippen LogP contribution is -3.00. The molecule has 0 saturated heterocycles. The lowest BCUT2D eigenvalue weighted by Gasteiger charge is -2.33. The van der Waals surface area contributed by atoms with Crippen molar-refractivity contribution in [2.75, 3.05) is 46.9 Å². The molecule has 0 unspecified atom stereocenters. The van der Waals surface area contributed by atoms with Crippen LogP contribution >= 0.6 is 0 Å². The van der Waals surface area contributed by atoms with Gasteiger partial charge in [0.1, 0.15) is 5.75 Å². The zero-order valence-electron chi connectivity index (χ0n) is 20.8. The number of quaternary nitrogens is 1. The number of nitrogens with zero attached hydrogens (tertiary/aromatic N) is 2. The van der Waals surface area contributed by atoms with Crippen LogP contribution in [-0.4, -0.2) is 62.2 Å². The van der Waals surface area contributed by atoms with Gasteiger partial charge in [-0.3, -0.25) is 4.79 Å². The van der Waals surface area contributed by atoms with Crippen molar-refractivity contribution in [3.8, 4) is 5.75 Å². The molecule has 5 heteroatoms. The van der Waals surface area contributed by atoms with E-state index in [9.17, 15) is 4.79 Å². The molecule has 0 fully saturated rings. The van der Waals surface area contributed by atoms with E-state index in [1.165, 1.54) is 11.1 Å². The Balaban J connectivity index is 0.00000841. The van der Waals surface area contributed by atoms with Gasteiger partial charge >= 0.3 is 0 Å². The number of halogens is 1. The van der Waals surface area contributed by atoms with Crippen LogP contribution in [0, 0.1) is 18.8 Å². The van der Waals surface area contributed by atoms with Crippen LogP contribution in [0.3, 0.4) is 0 Å². The molecule has 0 saturated carbocycles. The molecule has 4 nitrogen and oxygen atoms in total. The third-order valence-electron chi connectivity index (χ3n) is 5.13. The summed E-state index contributed by atoms with van der Waals surface area (Å²) < 4.78 is 6.77. The Morgan fingerprint density at radius 3 is 2.10 bits per heavy atom. The number of rotatable bonds is 12. The fourth-order valence-corrected chi connectivity index (χ4v) is 3.51. The fraction of sp³-hybridized carbons (Fsp3) is 0.720. The normalized spacial score (nSPS) is 11.7. The predicted molar refractivity (Wildman–Crippen MR) is 123 cm³/mol. The average Bonchev–Trinajstić information content (AvgIpc) is 2.58. The standard InChI is InChI=1S/C25H45N2O2.BrH/c1-19(2)16-26(17-20(3)4)25(28)18-27(8,9)13-10-14-29-24-15-23(21(5)6)12-11-22(24)7;/h11-12,15,19-21H,10,13-14,16-18H2,1-9H3;1H/q+1;/p-1. The molecule has 0 bridgehead atoms. The van der Waals surface area contributed by atoms with Crippen molar-refractivity contribution < 1.29 is 31.0 Å². The Hall–Kier alpha value is -1.07. The lowest BCUT2D eigenvalue weighted by molar-refractivity contribution is -0.882. The molecule has 0 radical (unpaired) electrons. The first-order valence-corrected chi connectivity index (χ1v) is 11.2. The number of amides is 1. The van der Waals surface area contributed by atoms with E-state index in [4.69, 9.17) is 4.74 Å². The second-order valence-electron chi connectivity index (χ2n) is 10.3. The van der Waals surface area contributed by atoms with Gasteiger partial charge in [0.25, 0.3) is 5.91 Å². The van der Waals surface area contributed by atoms with Gasteiger partial charge in [-0.2, -0.15) is 0 Å². The minimum atomic E-state index is 0. The van der Waals surface area contributed by atoms with Gasteiger partial charge < -0.3 is 31.1 Å². The van der Waals surface area contributed by atoms with Gasteiger partial charge in [0, 0.05) is 19.5 Å². The molecule has 1 aromatic carbocycles. The SMILES string of the molecule is Cc1ccc(C(C)C)cc1OCCC[N+](C)(C)CC(=O)N(CC(C)C)CC(C)C.[Br-]. The average molecular weight is 486 g/mol. The minimum Gasteiger partial charge on any atom is -1.00 e. The van der Waals surface area contributed by atoms with E-state index in [1.54, 1.807) is 0 Å². The van der Waals surface area contributed by atoms with E-state index in [2.05, 4.69) is 80.8 Å². The molecule has 174 valence electrons. The molecular weight excluding hydrogens is 440 g/mol. The summed E-state index contributed by atoms with van der Waals surface area (Å²) in [6, 6.07) is 6.49. The number of ether oxygens (including phenoxy) is 1. The lowest BCUT2D eigenvalue weighted by atomic mass is 10.0. The van der Waals surface area contributed by atoms with Crippen molar-refractivity contribution >= 4 is 5.91 Å². The zero-order valence-corrected chi connectivity index (χ0v) is 22.4. The highest BCUT2D eigenvalue weighted by Gasteiger charge is 2.25. The Bertz CT molecular complexity index is 632. The second kappa shape index (κ2) is 13.4. The molecule has 0 spiro atoms. The van der Waals surface area contributed by atoms with E-state index in [1.807, 2.05) is 4.90 Å². The van der Waals surface area contributed by atoms with Gasteiger partial charge in [-0.25, -0.2) is 0 Å². The summed E-state index contributed by atoms with van der Waals surface area (Å²) in [6.07, 6.45) is 0.931. The maximum absolute atomic E-state index is 12.9. The van der Waals surface area contributed by atoms with E-state index in [0.29, 0.717) is 35.4 Å². The first-order valence-electron chi connectivity index (χ1n) is 11.2. The molecule has 0 aliphatic heterocycles. The summed E-state index contributed by atoms with van der Waals surface area (Å²) in [7, 11) is 4.29. The van der Waals surface area contributed by atoms with Gasteiger partial charge in [-0.05, 0) is 41.9 Å². The van der Waals surface area contributed by atoms with Crippen molar-refractivity contribution in [3.63, 3.8) is 0 Å². The van der Waals surface area contributed by atoms with Crippen LogP contribution in [0.2, 0.25) is 0 Å². The fourth-order valence-electron chi connectivity index (χ4n) is 3.51. The Labute approximate surface area is 196 Å². The zero-order chi connectivity index (χ0) is 22.2. The van der Waals surface area contributed by atoms with E-state index >= 15 is 0 Å². The third kappa shape index (κ3) is 10.8. The first kappa shape index (κ1) is 28.9. The Kier molecular flexibility index (Phi) is 12.9. The van der Waals surface area contributed by atoms with Crippen LogP contribution in [0.25, 0.3) is 0 Å². The van der Waals surface area contributed by atoms with Gasteiger partial charge in [0.15, 0.2) is 6.54 Å². The van der Waals surface area contributed by atoms with Crippen LogP contribution in [0.5, 0.6) is 5.75 Å². The number of benzene rings is 1. The quantitative estimate of drug-likeness (QED) is 0.335. The Morgan fingerprint density at radius 2 is 1.60 bits per heavy atom. The summed E-state index contributed by atoms with van der Waals surface area (Å²) in [6.45, 7) is 19.0. The van der Waals surface area contributed by atoms with E-state index < -0.39 is 0 Å². The summed E-state index contributed by atoms with van der Waals surface area (Å²) in [5.74, 6) is 2.73. The topological polar surface area (TPSA) is 29.5 Å². The first-order chi connectivity index (χ1) is 13.4.